The van der Waals surface area contributed by atoms with Gasteiger partial charge in [-0.1, -0.05) is 13.0 Å². The molecule has 2 fully saturated rings. The lowest BCUT2D eigenvalue weighted by molar-refractivity contribution is -0.137. The van der Waals surface area contributed by atoms with Crippen LogP contribution in [-0.4, -0.2) is 22.9 Å². The SMILES string of the molecule is C=CCC1C[C@H]2[C@@H](C)[C@H]2C1(NC(C)=O)C(=O)NC(C)(C)C. The summed E-state index contributed by atoms with van der Waals surface area (Å²) in [6.45, 7) is 13.4. The average Bonchev–Trinajstić information content (AvgIpc) is 2.79. The summed E-state index contributed by atoms with van der Waals surface area (Å²) in [5.74, 6) is 1.29. The Morgan fingerprint density at radius 2 is 2.00 bits per heavy atom. The summed E-state index contributed by atoms with van der Waals surface area (Å²) in [7, 11) is 0. The first-order chi connectivity index (χ1) is 9.63. The van der Waals surface area contributed by atoms with Crippen LogP contribution in [0.5, 0.6) is 0 Å². The molecule has 2 N–H and O–H groups in total. The van der Waals surface area contributed by atoms with Gasteiger partial charge in [0, 0.05) is 12.5 Å². The minimum atomic E-state index is -0.766. The standard InChI is InChI=1S/C17H28N2O2/c1-7-8-12-9-13-10(2)14(13)17(12,18-11(3)20)15(21)19-16(4,5)6/h7,10,12-14H,1,8-9H2,2-6H3,(H,18,20)(H,19,21)/t10-,12?,13+,14-,17?/m1/s1. The van der Waals surface area contributed by atoms with Crippen molar-refractivity contribution in [2.45, 2.75) is 58.5 Å². The minimum Gasteiger partial charge on any atom is -0.349 e. The summed E-state index contributed by atoms with van der Waals surface area (Å²) >= 11 is 0. The van der Waals surface area contributed by atoms with E-state index in [4.69, 9.17) is 0 Å². The van der Waals surface area contributed by atoms with Crippen LogP contribution in [0.2, 0.25) is 0 Å². The van der Waals surface area contributed by atoms with E-state index >= 15 is 0 Å². The molecule has 2 aliphatic carbocycles. The molecule has 4 nitrogen and oxygen atoms in total. The number of hydrogen-bond acceptors (Lipinski definition) is 2. The Morgan fingerprint density at radius 1 is 1.38 bits per heavy atom. The number of nitrogens with one attached hydrogen (secondary N) is 2. The fourth-order valence-electron chi connectivity index (χ4n) is 4.24. The second kappa shape index (κ2) is 5.15. The highest BCUT2D eigenvalue weighted by Crippen LogP contribution is 2.65. The molecule has 0 spiro atoms. The van der Waals surface area contributed by atoms with Gasteiger partial charge < -0.3 is 10.6 Å². The highest BCUT2D eigenvalue weighted by Gasteiger charge is 2.70. The highest BCUT2D eigenvalue weighted by atomic mass is 16.2. The molecule has 2 aliphatic rings. The summed E-state index contributed by atoms with van der Waals surface area (Å²) in [6, 6.07) is 0. The van der Waals surface area contributed by atoms with Crippen molar-refractivity contribution < 1.29 is 9.59 Å². The van der Waals surface area contributed by atoms with Gasteiger partial charge in [0.1, 0.15) is 5.54 Å². The van der Waals surface area contributed by atoms with E-state index in [-0.39, 0.29) is 29.2 Å². The van der Waals surface area contributed by atoms with Crippen LogP contribution in [0.4, 0.5) is 0 Å². The molecule has 0 aliphatic heterocycles. The lowest BCUT2D eigenvalue weighted by atomic mass is 9.77. The van der Waals surface area contributed by atoms with Crippen molar-refractivity contribution in [3.63, 3.8) is 0 Å². The predicted molar refractivity (Wildman–Crippen MR) is 83.5 cm³/mol. The van der Waals surface area contributed by atoms with Crippen LogP contribution >= 0.6 is 0 Å². The molecule has 0 heterocycles. The third-order valence-corrected chi connectivity index (χ3v) is 4.99. The monoisotopic (exact) mass is 292 g/mol. The van der Waals surface area contributed by atoms with Gasteiger partial charge in [0.25, 0.3) is 0 Å². The molecular weight excluding hydrogens is 264 g/mol. The molecule has 0 aromatic heterocycles. The highest BCUT2D eigenvalue weighted by molar-refractivity contribution is 5.93. The second-order valence-corrected chi connectivity index (χ2v) is 7.76. The molecular formula is C17H28N2O2. The molecule has 118 valence electrons. The summed E-state index contributed by atoms with van der Waals surface area (Å²) in [6.07, 6.45) is 3.62. The average molecular weight is 292 g/mol. The molecule has 0 aromatic carbocycles. The fourth-order valence-corrected chi connectivity index (χ4v) is 4.24. The molecule has 21 heavy (non-hydrogen) atoms. The molecule has 2 amide bonds. The first kappa shape index (κ1) is 16.1. The number of carbonyl (C=O) groups is 2. The molecule has 0 aromatic rings. The van der Waals surface area contributed by atoms with Crippen molar-refractivity contribution >= 4 is 11.8 Å². The predicted octanol–water partition coefficient (Wildman–Crippen LogP) is 2.25. The summed E-state index contributed by atoms with van der Waals surface area (Å²) < 4.78 is 0. The van der Waals surface area contributed by atoms with E-state index in [1.807, 2.05) is 26.8 Å². The van der Waals surface area contributed by atoms with E-state index in [1.165, 1.54) is 6.92 Å². The van der Waals surface area contributed by atoms with Gasteiger partial charge in [0.15, 0.2) is 0 Å². The van der Waals surface area contributed by atoms with Gasteiger partial charge in [-0.25, -0.2) is 0 Å². The normalized spacial score (nSPS) is 37.6. The van der Waals surface area contributed by atoms with E-state index in [0.29, 0.717) is 11.8 Å². The quantitative estimate of drug-likeness (QED) is 0.781. The van der Waals surface area contributed by atoms with Gasteiger partial charge in [-0.05, 0) is 57.3 Å². The molecule has 0 saturated heterocycles. The number of carbonyl (C=O) groups excluding carboxylic acids is 2. The van der Waals surface area contributed by atoms with Crippen molar-refractivity contribution in [3.05, 3.63) is 12.7 Å². The van der Waals surface area contributed by atoms with Crippen LogP contribution in [0, 0.1) is 23.7 Å². The van der Waals surface area contributed by atoms with E-state index in [2.05, 4.69) is 24.1 Å². The largest absolute Gasteiger partial charge is 0.349 e. The van der Waals surface area contributed by atoms with Crippen molar-refractivity contribution in [1.29, 1.82) is 0 Å². The van der Waals surface area contributed by atoms with Crippen LogP contribution in [0.15, 0.2) is 12.7 Å². The zero-order chi connectivity index (χ0) is 16.0. The zero-order valence-corrected chi connectivity index (χ0v) is 13.8. The van der Waals surface area contributed by atoms with E-state index in [1.54, 1.807) is 0 Å². The maximum absolute atomic E-state index is 13.0. The Balaban J connectivity index is 2.36. The summed E-state index contributed by atoms with van der Waals surface area (Å²) in [5.41, 5.74) is -1.07. The van der Waals surface area contributed by atoms with Crippen molar-refractivity contribution in [2.75, 3.05) is 0 Å². The van der Waals surface area contributed by atoms with Gasteiger partial charge in [-0.2, -0.15) is 0 Å². The number of fused-ring (bicyclic) bond motifs is 1. The third kappa shape index (κ3) is 2.72. The molecule has 0 radical (unpaired) electrons. The Labute approximate surface area is 127 Å². The molecule has 4 heteroatoms. The molecule has 2 rings (SSSR count). The molecule has 2 saturated carbocycles. The van der Waals surface area contributed by atoms with Crippen LogP contribution < -0.4 is 10.6 Å². The molecule has 0 bridgehead atoms. The number of amides is 2. The Kier molecular flexibility index (Phi) is 3.94. The zero-order valence-electron chi connectivity index (χ0n) is 13.8. The lowest BCUT2D eigenvalue weighted by Crippen LogP contribution is -2.65. The second-order valence-electron chi connectivity index (χ2n) is 7.76. The van der Waals surface area contributed by atoms with E-state index in [0.717, 1.165) is 12.8 Å². The van der Waals surface area contributed by atoms with Gasteiger partial charge in [0.05, 0.1) is 0 Å². The maximum atomic E-state index is 13.0. The van der Waals surface area contributed by atoms with Gasteiger partial charge in [-0.3, -0.25) is 9.59 Å². The third-order valence-electron chi connectivity index (χ3n) is 4.99. The fraction of sp³-hybridized carbons (Fsp3) is 0.765. The number of allylic oxidation sites excluding steroid dienone is 1. The van der Waals surface area contributed by atoms with Crippen LogP contribution in [0.25, 0.3) is 0 Å². The van der Waals surface area contributed by atoms with Crippen molar-refractivity contribution in [3.8, 4) is 0 Å². The van der Waals surface area contributed by atoms with Crippen molar-refractivity contribution in [2.24, 2.45) is 23.7 Å². The molecule has 5 atom stereocenters. The smallest absolute Gasteiger partial charge is 0.246 e. The summed E-state index contributed by atoms with van der Waals surface area (Å²) in [4.78, 5) is 24.8. The first-order valence-electron chi connectivity index (χ1n) is 7.85. The van der Waals surface area contributed by atoms with Crippen LogP contribution in [0.1, 0.15) is 47.5 Å². The van der Waals surface area contributed by atoms with Gasteiger partial charge >= 0.3 is 0 Å². The first-order valence-corrected chi connectivity index (χ1v) is 7.85. The number of hydrogen-bond donors (Lipinski definition) is 2. The van der Waals surface area contributed by atoms with Gasteiger partial charge in [0.2, 0.25) is 11.8 Å². The Hall–Kier alpha value is -1.32. The topological polar surface area (TPSA) is 58.2 Å². The summed E-state index contributed by atoms with van der Waals surface area (Å²) in [5, 5.41) is 6.12. The van der Waals surface area contributed by atoms with E-state index < -0.39 is 5.54 Å². The van der Waals surface area contributed by atoms with Crippen molar-refractivity contribution in [1.82, 2.24) is 10.6 Å². The van der Waals surface area contributed by atoms with E-state index in [9.17, 15) is 9.59 Å². The van der Waals surface area contributed by atoms with Crippen LogP contribution in [-0.2, 0) is 9.59 Å². The number of rotatable bonds is 4. The minimum absolute atomic E-state index is 0.0334. The van der Waals surface area contributed by atoms with Crippen LogP contribution in [0.3, 0.4) is 0 Å². The Bertz CT molecular complexity index is 466. The Morgan fingerprint density at radius 3 is 2.48 bits per heavy atom. The maximum Gasteiger partial charge on any atom is 0.246 e. The van der Waals surface area contributed by atoms with Gasteiger partial charge in [-0.15, -0.1) is 6.58 Å². The molecule has 2 unspecified atom stereocenters. The lowest BCUT2D eigenvalue weighted by Gasteiger charge is -2.39.